The second-order valence-corrected chi connectivity index (χ2v) is 6.47. The highest BCUT2D eigenvalue weighted by atomic mass is 19.1. The van der Waals surface area contributed by atoms with Crippen molar-refractivity contribution < 1.29 is 27.9 Å². The van der Waals surface area contributed by atoms with Crippen LogP contribution in [0.2, 0.25) is 0 Å². The number of hydrogen-bond acceptors (Lipinski definition) is 6. The van der Waals surface area contributed by atoms with Gasteiger partial charge in [-0.2, -0.15) is 0 Å². The fourth-order valence-electron chi connectivity index (χ4n) is 2.94. The van der Waals surface area contributed by atoms with Gasteiger partial charge < -0.3 is 24.1 Å². The first-order valence-electron chi connectivity index (χ1n) is 10.1. The van der Waals surface area contributed by atoms with E-state index in [1.165, 1.54) is 12.1 Å². The van der Waals surface area contributed by atoms with Crippen molar-refractivity contribution in [3.63, 3.8) is 0 Å². The van der Waals surface area contributed by atoms with E-state index in [2.05, 4.69) is 10.5 Å². The summed E-state index contributed by atoms with van der Waals surface area (Å²) in [5, 5.41) is 6.77. The molecule has 0 fully saturated rings. The summed E-state index contributed by atoms with van der Waals surface area (Å²) in [6.07, 6.45) is 0. The number of amides is 1. The maximum Gasteiger partial charge on any atom is 0.251 e. The van der Waals surface area contributed by atoms with Gasteiger partial charge >= 0.3 is 0 Å². The van der Waals surface area contributed by atoms with Crippen LogP contribution in [0.1, 0.15) is 36.8 Å². The normalized spacial score (nSPS) is 10.6. The van der Waals surface area contributed by atoms with Crippen LogP contribution in [0, 0.1) is 5.82 Å². The predicted molar refractivity (Wildman–Crippen MR) is 113 cm³/mol. The molecule has 0 unspecified atom stereocenters. The van der Waals surface area contributed by atoms with Crippen molar-refractivity contribution >= 4 is 5.91 Å². The van der Waals surface area contributed by atoms with Gasteiger partial charge in [0.2, 0.25) is 5.75 Å². The summed E-state index contributed by atoms with van der Waals surface area (Å²) >= 11 is 0. The molecule has 0 aliphatic heterocycles. The Labute approximate surface area is 180 Å². The third kappa shape index (κ3) is 5.53. The van der Waals surface area contributed by atoms with Gasteiger partial charge in [0.15, 0.2) is 17.3 Å². The Kier molecular flexibility index (Phi) is 7.48. The lowest BCUT2D eigenvalue weighted by Crippen LogP contribution is -2.23. The number of carbonyl (C=O) groups excluding carboxylic acids is 1. The summed E-state index contributed by atoms with van der Waals surface area (Å²) in [5.41, 5.74) is 1.60. The highest BCUT2D eigenvalue weighted by Crippen LogP contribution is 2.39. The highest BCUT2D eigenvalue weighted by molar-refractivity contribution is 5.95. The molecule has 1 amide bonds. The molecule has 0 aliphatic rings. The fourth-order valence-corrected chi connectivity index (χ4v) is 2.94. The van der Waals surface area contributed by atoms with E-state index in [9.17, 15) is 9.18 Å². The van der Waals surface area contributed by atoms with E-state index in [0.29, 0.717) is 59.7 Å². The molecule has 0 spiro atoms. The number of hydrogen-bond donors (Lipinski definition) is 1. The topological polar surface area (TPSA) is 82.8 Å². The first kappa shape index (κ1) is 22.1. The Morgan fingerprint density at radius 2 is 1.58 bits per heavy atom. The minimum atomic E-state index is -0.330. The van der Waals surface area contributed by atoms with Gasteiger partial charge in [-0.1, -0.05) is 5.16 Å². The molecular formula is C23H25FN2O5. The fraction of sp³-hybridized carbons (Fsp3) is 0.304. The number of rotatable bonds is 10. The van der Waals surface area contributed by atoms with Gasteiger partial charge in [-0.25, -0.2) is 4.39 Å². The molecule has 2 aromatic carbocycles. The van der Waals surface area contributed by atoms with Gasteiger partial charge in [0.1, 0.15) is 11.5 Å². The third-order valence-electron chi connectivity index (χ3n) is 4.29. The van der Waals surface area contributed by atoms with Crippen LogP contribution in [0.5, 0.6) is 17.2 Å². The maximum atomic E-state index is 13.1. The molecule has 3 rings (SSSR count). The molecule has 0 atom stereocenters. The van der Waals surface area contributed by atoms with Gasteiger partial charge in [0.25, 0.3) is 5.91 Å². The average molecular weight is 428 g/mol. The molecule has 1 heterocycles. The zero-order valence-electron chi connectivity index (χ0n) is 17.7. The second kappa shape index (κ2) is 10.5. The summed E-state index contributed by atoms with van der Waals surface area (Å²) in [7, 11) is 0. The van der Waals surface area contributed by atoms with Crippen LogP contribution in [0.3, 0.4) is 0 Å². The number of benzene rings is 2. The highest BCUT2D eigenvalue weighted by Gasteiger charge is 2.18. The quantitative estimate of drug-likeness (QED) is 0.508. The van der Waals surface area contributed by atoms with Crippen molar-refractivity contribution in [2.24, 2.45) is 0 Å². The molecule has 31 heavy (non-hydrogen) atoms. The van der Waals surface area contributed by atoms with Gasteiger partial charge in [0, 0.05) is 17.2 Å². The standard InChI is InChI=1S/C23H25FN2O5/c1-4-28-20-11-16(12-21(29-5-2)22(20)30-6-3)23(27)25-14-18-13-19(31-26-18)15-7-9-17(24)10-8-15/h7-13H,4-6,14H2,1-3H3,(H,25,27). The van der Waals surface area contributed by atoms with Crippen LogP contribution in [-0.4, -0.2) is 30.9 Å². The Morgan fingerprint density at radius 3 is 2.16 bits per heavy atom. The smallest absolute Gasteiger partial charge is 0.251 e. The van der Waals surface area contributed by atoms with Crippen LogP contribution in [0.25, 0.3) is 11.3 Å². The lowest BCUT2D eigenvalue weighted by atomic mass is 10.1. The molecule has 0 bridgehead atoms. The molecular weight excluding hydrogens is 403 g/mol. The molecule has 1 aromatic heterocycles. The number of aromatic nitrogens is 1. The number of nitrogens with one attached hydrogen (secondary N) is 1. The average Bonchev–Trinajstić information content (AvgIpc) is 3.24. The molecule has 164 valence electrons. The minimum Gasteiger partial charge on any atom is -0.490 e. The van der Waals surface area contributed by atoms with E-state index < -0.39 is 0 Å². The SMILES string of the molecule is CCOc1cc(C(=O)NCc2cc(-c3ccc(F)cc3)on2)cc(OCC)c1OCC. The number of ether oxygens (including phenoxy) is 3. The zero-order chi connectivity index (χ0) is 22.2. The van der Waals surface area contributed by atoms with Crippen molar-refractivity contribution in [1.29, 1.82) is 0 Å². The lowest BCUT2D eigenvalue weighted by molar-refractivity contribution is 0.0949. The molecule has 1 N–H and O–H groups in total. The molecule has 3 aromatic rings. The number of nitrogens with zero attached hydrogens (tertiary/aromatic N) is 1. The van der Waals surface area contributed by atoms with E-state index in [1.54, 1.807) is 30.3 Å². The van der Waals surface area contributed by atoms with Crippen molar-refractivity contribution in [1.82, 2.24) is 10.5 Å². The summed E-state index contributed by atoms with van der Waals surface area (Å²) in [4.78, 5) is 12.8. The summed E-state index contributed by atoms with van der Waals surface area (Å²) in [6.45, 7) is 7.00. The van der Waals surface area contributed by atoms with E-state index >= 15 is 0 Å². The number of halogens is 1. The first-order chi connectivity index (χ1) is 15.0. The van der Waals surface area contributed by atoms with Gasteiger partial charge in [-0.3, -0.25) is 4.79 Å². The minimum absolute atomic E-state index is 0.157. The monoisotopic (exact) mass is 428 g/mol. The predicted octanol–water partition coefficient (Wildman–Crippen LogP) is 4.61. The molecule has 0 saturated heterocycles. The van der Waals surface area contributed by atoms with Gasteiger partial charge in [-0.15, -0.1) is 0 Å². The summed E-state index contributed by atoms with van der Waals surface area (Å²) in [5.74, 6) is 1.20. The third-order valence-corrected chi connectivity index (χ3v) is 4.29. The van der Waals surface area contributed by atoms with Crippen LogP contribution in [-0.2, 0) is 6.54 Å². The summed E-state index contributed by atoms with van der Waals surface area (Å²) < 4.78 is 35.3. The zero-order valence-corrected chi connectivity index (χ0v) is 17.7. The maximum absolute atomic E-state index is 13.1. The molecule has 0 radical (unpaired) electrons. The van der Waals surface area contributed by atoms with E-state index in [4.69, 9.17) is 18.7 Å². The molecule has 8 heteroatoms. The van der Waals surface area contributed by atoms with E-state index in [-0.39, 0.29) is 18.3 Å². The van der Waals surface area contributed by atoms with E-state index in [0.717, 1.165) is 0 Å². The van der Waals surface area contributed by atoms with Crippen molar-refractivity contribution in [2.45, 2.75) is 27.3 Å². The van der Waals surface area contributed by atoms with Crippen LogP contribution >= 0.6 is 0 Å². The Morgan fingerprint density at radius 1 is 0.968 bits per heavy atom. The molecule has 0 aliphatic carbocycles. The van der Waals surface area contributed by atoms with Crippen molar-refractivity contribution in [2.75, 3.05) is 19.8 Å². The van der Waals surface area contributed by atoms with Crippen LogP contribution < -0.4 is 19.5 Å². The largest absolute Gasteiger partial charge is 0.490 e. The van der Waals surface area contributed by atoms with Gasteiger partial charge in [0.05, 0.1) is 26.4 Å². The molecule has 7 nitrogen and oxygen atoms in total. The number of carbonyl (C=O) groups is 1. The first-order valence-corrected chi connectivity index (χ1v) is 10.1. The second-order valence-electron chi connectivity index (χ2n) is 6.47. The Bertz CT molecular complexity index is 990. The van der Waals surface area contributed by atoms with Gasteiger partial charge in [-0.05, 0) is 57.2 Å². The summed E-state index contributed by atoms with van der Waals surface area (Å²) in [6, 6.07) is 10.8. The lowest BCUT2D eigenvalue weighted by Gasteiger charge is -2.17. The van der Waals surface area contributed by atoms with Crippen molar-refractivity contribution in [3.05, 3.63) is 59.5 Å². The van der Waals surface area contributed by atoms with Crippen LogP contribution in [0.4, 0.5) is 4.39 Å². The van der Waals surface area contributed by atoms with Crippen molar-refractivity contribution in [3.8, 4) is 28.6 Å². The molecule has 0 saturated carbocycles. The van der Waals surface area contributed by atoms with E-state index in [1.807, 2.05) is 20.8 Å². The van der Waals surface area contributed by atoms with Crippen LogP contribution in [0.15, 0.2) is 47.0 Å². The Balaban J connectivity index is 1.74. The Hall–Kier alpha value is -3.55.